The topological polar surface area (TPSA) is 0 Å². The number of fused-ring (bicyclic) bond motifs is 3. The molecule has 3 heteroatoms. The van der Waals surface area contributed by atoms with Crippen molar-refractivity contribution in [2.75, 3.05) is 0 Å². The lowest BCUT2D eigenvalue weighted by Crippen LogP contribution is -1.70. The smallest absolute Gasteiger partial charge is 0.0353 e. The molecule has 0 aliphatic heterocycles. The Morgan fingerprint density at radius 2 is 1.33 bits per heavy atom. The Labute approximate surface area is 136 Å². The molecular formula is C18H12S3. The van der Waals surface area contributed by atoms with E-state index >= 15 is 0 Å². The molecule has 0 fully saturated rings. The summed E-state index contributed by atoms with van der Waals surface area (Å²) < 4.78 is 2.57. The van der Waals surface area contributed by atoms with Crippen LogP contribution in [0, 0.1) is 0 Å². The van der Waals surface area contributed by atoms with Crippen LogP contribution in [0.2, 0.25) is 0 Å². The van der Waals surface area contributed by atoms with Crippen molar-refractivity contribution in [1.29, 1.82) is 0 Å². The lowest BCUT2D eigenvalue weighted by atomic mass is 10.1. The Kier molecular flexibility index (Phi) is 3.34. The van der Waals surface area contributed by atoms with Crippen molar-refractivity contribution in [2.24, 2.45) is 0 Å². The molecule has 0 unspecified atom stereocenters. The van der Waals surface area contributed by atoms with Crippen LogP contribution >= 0.6 is 35.3 Å². The minimum atomic E-state index is 0.984. The van der Waals surface area contributed by atoms with Crippen LogP contribution in [0.5, 0.6) is 0 Å². The van der Waals surface area contributed by atoms with E-state index in [-0.39, 0.29) is 0 Å². The van der Waals surface area contributed by atoms with Crippen molar-refractivity contribution in [3.05, 3.63) is 65.4 Å². The van der Waals surface area contributed by atoms with E-state index in [1.54, 1.807) is 22.7 Å². The van der Waals surface area contributed by atoms with Crippen LogP contribution in [0.4, 0.5) is 0 Å². The largest absolute Gasteiger partial charge is 0.144 e. The Bertz CT molecular complexity index is 1010. The quantitative estimate of drug-likeness (QED) is 0.343. The van der Waals surface area contributed by atoms with E-state index in [2.05, 4.69) is 78.0 Å². The summed E-state index contributed by atoms with van der Waals surface area (Å²) in [5, 5.41) is 9.25. The second-order valence-electron chi connectivity index (χ2n) is 4.92. The normalized spacial score (nSPS) is 11.1. The Morgan fingerprint density at radius 3 is 2.19 bits per heavy atom. The highest BCUT2D eigenvalue weighted by Gasteiger charge is 1.98. The van der Waals surface area contributed by atoms with Gasteiger partial charge in [-0.15, -0.1) is 35.3 Å². The van der Waals surface area contributed by atoms with Gasteiger partial charge in [-0.1, -0.05) is 18.2 Å². The third kappa shape index (κ3) is 2.53. The van der Waals surface area contributed by atoms with Crippen LogP contribution in [0.1, 0.15) is 0 Å². The lowest BCUT2D eigenvalue weighted by Gasteiger charge is -1.97. The molecule has 0 spiro atoms. The molecule has 4 rings (SSSR count). The van der Waals surface area contributed by atoms with Crippen LogP contribution in [-0.4, -0.2) is 0 Å². The molecule has 0 nitrogen and oxygen atoms in total. The molecule has 4 aromatic rings. The summed E-state index contributed by atoms with van der Waals surface area (Å²) in [7, 11) is 0. The van der Waals surface area contributed by atoms with Gasteiger partial charge < -0.3 is 0 Å². The second kappa shape index (κ2) is 5.34. The summed E-state index contributed by atoms with van der Waals surface area (Å²) in [5.74, 6) is 0. The van der Waals surface area contributed by atoms with Crippen molar-refractivity contribution in [1.82, 2.24) is 0 Å². The first-order valence-electron chi connectivity index (χ1n) is 6.65. The molecule has 0 saturated heterocycles. The van der Waals surface area contributed by atoms with Gasteiger partial charge in [0.1, 0.15) is 0 Å². The van der Waals surface area contributed by atoms with Crippen molar-refractivity contribution in [3.8, 4) is 0 Å². The summed E-state index contributed by atoms with van der Waals surface area (Å²) in [5.41, 5.74) is 0. The van der Waals surface area contributed by atoms with Crippen LogP contribution in [0.25, 0.3) is 30.9 Å². The number of thiol groups is 1. The molecule has 0 amide bonds. The molecule has 0 aliphatic carbocycles. The van der Waals surface area contributed by atoms with Gasteiger partial charge in [0.2, 0.25) is 0 Å². The van der Waals surface area contributed by atoms with Crippen molar-refractivity contribution in [3.63, 3.8) is 0 Å². The van der Waals surface area contributed by atoms with E-state index < -0.39 is 0 Å². The van der Waals surface area contributed by atoms with Crippen LogP contribution < -0.4 is 0 Å². The first kappa shape index (κ1) is 13.1. The van der Waals surface area contributed by atoms with E-state index in [4.69, 9.17) is 0 Å². The lowest BCUT2D eigenvalue weighted by molar-refractivity contribution is 1.58. The average Bonchev–Trinajstić information content (AvgIpc) is 3.08. The first-order valence-corrected chi connectivity index (χ1v) is 8.86. The van der Waals surface area contributed by atoms with Gasteiger partial charge >= 0.3 is 0 Å². The zero-order valence-electron chi connectivity index (χ0n) is 11.1. The monoisotopic (exact) mass is 324 g/mol. The summed E-state index contributed by atoms with van der Waals surface area (Å²) >= 11 is 8.17. The van der Waals surface area contributed by atoms with Gasteiger partial charge in [0.25, 0.3) is 0 Å². The SMILES string of the molecule is Sc1cc2cc3ccsc3cc2cccc2ccsc2c1. The number of hydrogen-bond acceptors (Lipinski definition) is 3. The van der Waals surface area contributed by atoms with Crippen LogP contribution in [0.3, 0.4) is 0 Å². The number of thiophene rings is 2. The van der Waals surface area contributed by atoms with Gasteiger partial charge in [-0.2, -0.15) is 0 Å². The maximum absolute atomic E-state index is 4.64. The molecule has 102 valence electrons. The zero-order chi connectivity index (χ0) is 14.2. The molecule has 2 aromatic carbocycles. The molecule has 0 aliphatic rings. The van der Waals surface area contributed by atoms with Gasteiger partial charge in [0.05, 0.1) is 0 Å². The molecule has 0 bridgehead atoms. The third-order valence-corrected chi connectivity index (χ3v) is 5.54. The van der Waals surface area contributed by atoms with Gasteiger partial charge in [0, 0.05) is 14.3 Å². The highest BCUT2D eigenvalue weighted by molar-refractivity contribution is 7.80. The Morgan fingerprint density at radius 1 is 0.619 bits per heavy atom. The summed E-state index contributed by atoms with van der Waals surface area (Å²) in [6.07, 6.45) is 0. The molecule has 21 heavy (non-hydrogen) atoms. The predicted molar refractivity (Wildman–Crippen MR) is 99.6 cm³/mol. The standard InChI is InChI=1S/C18H12S3/c19-16-9-15-8-14-5-7-20-17(14)10-13(15)3-1-2-12-4-6-21-18(12)11-16/h1-11,19H. The predicted octanol–water partition coefficient (Wildman–Crippen LogP) is 6.68. The minimum absolute atomic E-state index is 0.984. The third-order valence-electron chi connectivity index (χ3n) is 3.52. The fraction of sp³-hybridized carbons (Fsp3) is 0. The van der Waals surface area contributed by atoms with Crippen LogP contribution in [0.15, 0.2) is 70.3 Å². The fourth-order valence-electron chi connectivity index (χ4n) is 2.49. The van der Waals surface area contributed by atoms with Gasteiger partial charge in [-0.25, -0.2) is 0 Å². The molecule has 2 aromatic heterocycles. The van der Waals surface area contributed by atoms with E-state index in [0.29, 0.717) is 0 Å². The maximum Gasteiger partial charge on any atom is 0.0353 e. The molecular weight excluding hydrogens is 312 g/mol. The van der Waals surface area contributed by atoms with E-state index in [1.165, 1.54) is 30.9 Å². The summed E-state index contributed by atoms with van der Waals surface area (Å²) in [4.78, 5) is 0.984. The Balaban J connectivity index is 2.16. The van der Waals surface area contributed by atoms with Crippen LogP contribution in [-0.2, 0) is 0 Å². The first-order chi connectivity index (χ1) is 10.3. The summed E-state index contributed by atoms with van der Waals surface area (Å²) in [6, 6.07) is 19.6. The number of benzene rings is 1. The van der Waals surface area contributed by atoms with Gasteiger partial charge in [-0.3, -0.25) is 0 Å². The molecule has 0 N–H and O–H groups in total. The fourth-order valence-corrected chi connectivity index (χ4v) is 4.49. The molecule has 2 heterocycles. The van der Waals surface area contributed by atoms with Crippen molar-refractivity contribution >= 4 is 66.2 Å². The average molecular weight is 324 g/mol. The highest BCUT2D eigenvalue weighted by Crippen LogP contribution is 2.28. The zero-order valence-corrected chi connectivity index (χ0v) is 13.6. The van der Waals surface area contributed by atoms with E-state index in [9.17, 15) is 0 Å². The van der Waals surface area contributed by atoms with Gasteiger partial charge in [-0.05, 0) is 68.7 Å². The minimum Gasteiger partial charge on any atom is -0.144 e. The number of hydrogen-bond donors (Lipinski definition) is 1. The summed E-state index contributed by atoms with van der Waals surface area (Å²) in [6.45, 7) is 0. The van der Waals surface area contributed by atoms with E-state index in [1.807, 2.05) is 0 Å². The van der Waals surface area contributed by atoms with Crippen molar-refractivity contribution in [2.45, 2.75) is 4.90 Å². The molecule has 0 saturated carbocycles. The molecule has 0 radical (unpaired) electrons. The molecule has 0 atom stereocenters. The maximum atomic E-state index is 4.64. The van der Waals surface area contributed by atoms with Gasteiger partial charge in [0.15, 0.2) is 0 Å². The van der Waals surface area contributed by atoms with E-state index in [0.717, 1.165) is 4.90 Å². The number of rotatable bonds is 0. The second-order valence-corrected chi connectivity index (χ2v) is 7.33. The van der Waals surface area contributed by atoms with Crippen molar-refractivity contribution < 1.29 is 0 Å². The highest BCUT2D eigenvalue weighted by atomic mass is 32.1. The Hall–Kier alpha value is -1.55.